The molecule has 0 aliphatic rings. The average Bonchev–Trinajstić information content (AvgIpc) is 2.82. The van der Waals surface area contributed by atoms with Gasteiger partial charge in [-0.2, -0.15) is 0 Å². The number of methoxy groups -OCH3 is 3. The van der Waals surface area contributed by atoms with E-state index in [4.69, 9.17) is 23.7 Å². The quantitative estimate of drug-likeness (QED) is 0.448. The fourth-order valence-corrected chi connectivity index (χ4v) is 3.62. The molecule has 0 saturated carbocycles. The fourth-order valence-electron chi connectivity index (χ4n) is 3.62. The van der Waals surface area contributed by atoms with E-state index >= 15 is 0 Å². The van der Waals surface area contributed by atoms with Crippen molar-refractivity contribution >= 4 is 22.8 Å². The van der Waals surface area contributed by atoms with Crippen LogP contribution in [0.3, 0.4) is 0 Å². The molecule has 0 fully saturated rings. The minimum absolute atomic E-state index is 0.0297. The van der Waals surface area contributed by atoms with Gasteiger partial charge in [0.2, 0.25) is 5.75 Å². The summed E-state index contributed by atoms with van der Waals surface area (Å²) in [5, 5.41) is 0.841. The van der Waals surface area contributed by atoms with E-state index in [-0.39, 0.29) is 19.6 Å². The zero-order valence-electron chi connectivity index (χ0n) is 19.4. The molecule has 0 unspecified atom stereocenters. The number of hydrogen-bond donors (Lipinski definition) is 0. The number of carbonyl (C=O) groups excluding carboxylic acids is 2. The van der Waals surface area contributed by atoms with E-state index < -0.39 is 11.9 Å². The molecule has 8 heteroatoms. The van der Waals surface area contributed by atoms with Crippen LogP contribution in [0.1, 0.15) is 34.1 Å². The number of para-hydroxylation sites is 1. The zero-order valence-corrected chi connectivity index (χ0v) is 19.4. The highest BCUT2D eigenvalue weighted by Crippen LogP contribution is 2.38. The van der Waals surface area contributed by atoms with Gasteiger partial charge in [-0.3, -0.25) is 4.79 Å². The van der Waals surface area contributed by atoms with Gasteiger partial charge in [0, 0.05) is 5.39 Å². The lowest BCUT2D eigenvalue weighted by Crippen LogP contribution is -2.15. The van der Waals surface area contributed by atoms with Gasteiger partial charge in [-0.25, -0.2) is 9.78 Å². The maximum atomic E-state index is 12.6. The van der Waals surface area contributed by atoms with Crippen molar-refractivity contribution in [1.29, 1.82) is 0 Å². The number of esters is 2. The van der Waals surface area contributed by atoms with E-state index in [2.05, 4.69) is 4.98 Å². The fraction of sp³-hybridized carbons (Fsp3) is 0.320. The summed E-state index contributed by atoms with van der Waals surface area (Å²) in [7, 11) is 4.52. The molecule has 0 N–H and O–H groups in total. The zero-order chi connectivity index (χ0) is 24.0. The molecule has 2 aromatic carbocycles. The molecule has 0 aliphatic heterocycles. The standard InChI is InChI=1S/C25H27NO7/c1-6-32-25(28)23-15(2)17-9-7-8-10-18(17)26-19(23)14-33-22(27)13-16-11-20(29-3)24(31-5)21(12-16)30-4/h7-12H,6,13-14H2,1-5H3. The lowest BCUT2D eigenvalue weighted by atomic mass is 10.0. The van der Waals surface area contributed by atoms with E-state index in [0.717, 1.165) is 10.9 Å². The first-order valence-corrected chi connectivity index (χ1v) is 10.4. The molecule has 0 atom stereocenters. The van der Waals surface area contributed by atoms with E-state index in [9.17, 15) is 9.59 Å². The second-order valence-electron chi connectivity index (χ2n) is 7.17. The van der Waals surface area contributed by atoms with Gasteiger partial charge in [-0.05, 0) is 43.2 Å². The Kier molecular flexibility index (Phi) is 7.71. The van der Waals surface area contributed by atoms with Crippen LogP contribution in [-0.2, 0) is 27.3 Å². The third-order valence-corrected chi connectivity index (χ3v) is 5.15. The van der Waals surface area contributed by atoms with Crippen LogP contribution in [-0.4, -0.2) is 44.9 Å². The SMILES string of the molecule is CCOC(=O)c1c(COC(=O)Cc2cc(OC)c(OC)c(OC)c2)nc2ccccc2c1C. The molecule has 8 nitrogen and oxygen atoms in total. The normalized spacial score (nSPS) is 10.6. The summed E-state index contributed by atoms with van der Waals surface area (Å²) in [5.74, 6) is 0.329. The summed E-state index contributed by atoms with van der Waals surface area (Å²) in [6.07, 6.45) is -0.0297. The smallest absolute Gasteiger partial charge is 0.340 e. The Hall–Kier alpha value is -3.81. The molecule has 0 radical (unpaired) electrons. The largest absolute Gasteiger partial charge is 0.493 e. The van der Waals surface area contributed by atoms with Crippen molar-refractivity contribution in [3.8, 4) is 17.2 Å². The van der Waals surface area contributed by atoms with Crippen molar-refractivity contribution in [1.82, 2.24) is 4.98 Å². The van der Waals surface area contributed by atoms with Gasteiger partial charge in [-0.15, -0.1) is 0 Å². The molecule has 3 aromatic rings. The highest BCUT2D eigenvalue weighted by Gasteiger charge is 2.21. The summed E-state index contributed by atoms with van der Waals surface area (Å²) in [4.78, 5) is 29.8. The third kappa shape index (κ3) is 5.16. The van der Waals surface area contributed by atoms with Crippen LogP contribution in [0.2, 0.25) is 0 Å². The van der Waals surface area contributed by atoms with Crippen LogP contribution in [0, 0.1) is 6.92 Å². The van der Waals surface area contributed by atoms with Crippen LogP contribution < -0.4 is 14.2 Å². The molecule has 33 heavy (non-hydrogen) atoms. The summed E-state index contributed by atoms with van der Waals surface area (Å²) in [5.41, 5.74) is 2.73. The topological polar surface area (TPSA) is 93.2 Å². The first-order chi connectivity index (χ1) is 15.9. The summed E-state index contributed by atoms with van der Waals surface area (Å²) in [6, 6.07) is 10.8. The molecule has 0 amide bonds. The molecule has 1 aromatic heterocycles. The first kappa shape index (κ1) is 23.8. The molecule has 174 valence electrons. The highest BCUT2D eigenvalue weighted by atomic mass is 16.5. The highest BCUT2D eigenvalue weighted by molar-refractivity contribution is 5.98. The van der Waals surface area contributed by atoms with Crippen LogP contribution in [0.4, 0.5) is 0 Å². The molecule has 0 aliphatic carbocycles. The minimum Gasteiger partial charge on any atom is -0.493 e. The lowest BCUT2D eigenvalue weighted by molar-refractivity contribution is -0.144. The molecule has 0 spiro atoms. The minimum atomic E-state index is -0.496. The molecule has 0 bridgehead atoms. The summed E-state index contributed by atoms with van der Waals surface area (Å²) < 4.78 is 26.7. The number of pyridine rings is 1. The first-order valence-electron chi connectivity index (χ1n) is 10.4. The maximum absolute atomic E-state index is 12.6. The lowest BCUT2D eigenvalue weighted by Gasteiger charge is -2.15. The van der Waals surface area contributed by atoms with E-state index in [1.165, 1.54) is 21.3 Å². The molecule has 1 heterocycles. The van der Waals surface area contributed by atoms with Crippen molar-refractivity contribution < 1.29 is 33.3 Å². The maximum Gasteiger partial charge on any atom is 0.340 e. The van der Waals surface area contributed by atoms with Crippen molar-refractivity contribution in [2.75, 3.05) is 27.9 Å². The van der Waals surface area contributed by atoms with Crippen LogP contribution in [0.25, 0.3) is 10.9 Å². The molecular formula is C25H27NO7. The van der Waals surface area contributed by atoms with Crippen molar-refractivity contribution in [3.05, 3.63) is 58.8 Å². The van der Waals surface area contributed by atoms with Gasteiger partial charge in [0.05, 0.1) is 51.1 Å². The van der Waals surface area contributed by atoms with Gasteiger partial charge < -0.3 is 23.7 Å². The molecule has 0 saturated heterocycles. The number of hydrogen-bond acceptors (Lipinski definition) is 8. The second kappa shape index (κ2) is 10.7. The number of carbonyl (C=O) groups is 2. The Morgan fingerprint density at radius 2 is 1.61 bits per heavy atom. The number of ether oxygens (including phenoxy) is 5. The molecular weight excluding hydrogens is 426 g/mol. The number of fused-ring (bicyclic) bond motifs is 1. The number of aryl methyl sites for hydroxylation is 1. The van der Waals surface area contributed by atoms with E-state index in [1.54, 1.807) is 19.1 Å². The predicted molar refractivity (Wildman–Crippen MR) is 122 cm³/mol. The van der Waals surface area contributed by atoms with E-state index in [1.807, 2.05) is 31.2 Å². The molecule has 3 rings (SSSR count). The van der Waals surface area contributed by atoms with Crippen molar-refractivity contribution in [3.63, 3.8) is 0 Å². The number of aromatic nitrogens is 1. The monoisotopic (exact) mass is 453 g/mol. The summed E-state index contributed by atoms with van der Waals surface area (Å²) in [6.45, 7) is 3.63. The Bertz CT molecular complexity index is 1150. The van der Waals surface area contributed by atoms with Crippen LogP contribution >= 0.6 is 0 Å². The van der Waals surface area contributed by atoms with Crippen molar-refractivity contribution in [2.24, 2.45) is 0 Å². The third-order valence-electron chi connectivity index (χ3n) is 5.15. The van der Waals surface area contributed by atoms with Crippen LogP contribution in [0.15, 0.2) is 36.4 Å². The predicted octanol–water partition coefficient (Wildman–Crippen LogP) is 4.03. The number of nitrogens with zero attached hydrogens (tertiary/aromatic N) is 1. The number of benzene rings is 2. The van der Waals surface area contributed by atoms with Crippen molar-refractivity contribution in [2.45, 2.75) is 26.9 Å². The van der Waals surface area contributed by atoms with Gasteiger partial charge >= 0.3 is 11.9 Å². The van der Waals surface area contributed by atoms with Crippen LogP contribution in [0.5, 0.6) is 17.2 Å². The Labute approximate surface area is 192 Å². The Morgan fingerprint density at radius 3 is 2.21 bits per heavy atom. The van der Waals surface area contributed by atoms with Gasteiger partial charge in [0.25, 0.3) is 0 Å². The van der Waals surface area contributed by atoms with Gasteiger partial charge in [-0.1, -0.05) is 18.2 Å². The Morgan fingerprint density at radius 1 is 0.939 bits per heavy atom. The second-order valence-corrected chi connectivity index (χ2v) is 7.17. The van der Waals surface area contributed by atoms with Gasteiger partial charge in [0.1, 0.15) is 6.61 Å². The number of rotatable bonds is 9. The average molecular weight is 453 g/mol. The van der Waals surface area contributed by atoms with Gasteiger partial charge in [0.15, 0.2) is 11.5 Å². The summed E-state index contributed by atoms with van der Waals surface area (Å²) >= 11 is 0. The Balaban J connectivity index is 1.85. The van der Waals surface area contributed by atoms with E-state index in [0.29, 0.717) is 39.6 Å².